The molecule has 0 radical (unpaired) electrons. The molecule has 1 aliphatic carbocycles. The highest BCUT2D eigenvalue weighted by Gasteiger charge is 2.38. The van der Waals surface area contributed by atoms with Gasteiger partial charge in [-0.1, -0.05) is 0 Å². The quantitative estimate of drug-likeness (QED) is 0.751. The third-order valence-corrected chi connectivity index (χ3v) is 4.93. The first kappa shape index (κ1) is 10.5. The van der Waals surface area contributed by atoms with Crippen LogP contribution < -0.4 is 0 Å². The number of carbonyl (C=O) groups is 1. The first-order chi connectivity index (χ1) is 7.72. The van der Waals surface area contributed by atoms with Crippen LogP contribution in [0.25, 0.3) is 0 Å². The average molecular weight is 235 g/mol. The fourth-order valence-electron chi connectivity index (χ4n) is 3.07. The molecule has 86 valence electrons. The van der Waals surface area contributed by atoms with Crippen molar-refractivity contribution in [3.05, 3.63) is 21.9 Å². The number of rotatable bonds is 3. The molecule has 2 fully saturated rings. The van der Waals surface area contributed by atoms with Crippen molar-refractivity contribution in [3.8, 4) is 0 Å². The average Bonchev–Trinajstić information content (AvgIpc) is 2.92. The molecule has 0 aromatic carbocycles. The molecule has 3 heteroatoms. The van der Waals surface area contributed by atoms with Crippen LogP contribution in [0.5, 0.6) is 0 Å². The van der Waals surface area contributed by atoms with Gasteiger partial charge in [0.25, 0.3) is 0 Å². The van der Waals surface area contributed by atoms with Crippen molar-refractivity contribution < 1.29 is 4.79 Å². The Morgan fingerprint density at radius 1 is 1.50 bits per heavy atom. The minimum atomic E-state index is 0.311. The van der Waals surface area contributed by atoms with Crippen molar-refractivity contribution in [3.63, 3.8) is 0 Å². The maximum atomic E-state index is 12.1. The number of likely N-dealkylation sites (tertiary alicyclic amines) is 1. The molecule has 2 bridgehead atoms. The predicted molar refractivity (Wildman–Crippen MR) is 66.1 cm³/mol. The SMILES string of the molecule is Cc1ccc(C(=O)CN2CC3CCC2C3)s1. The highest BCUT2D eigenvalue weighted by Crippen LogP contribution is 2.37. The Morgan fingerprint density at radius 2 is 2.38 bits per heavy atom. The lowest BCUT2D eigenvalue weighted by Gasteiger charge is -2.25. The number of hydrogen-bond acceptors (Lipinski definition) is 3. The number of piperidine rings is 1. The predicted octanol–water partition coefficient (Wildman–Crippen LogP) is 2.72. The van der Waals surface area contributed by atoms with Crippen LogP contribution in [-0.2, 0) is 0 Å². The summed E-state index contributed by atoms with van der Waals surface area (Å²) < 4.78 is 0. The van der Waals surface area contributed by atoms with Gasteiger partial charge in [0.1, 0.15) is 0 Å². The van der Waals surface area contributed by atoms with Crippen molar-refractivity contribution in [2.24, 2.45) is 5.92 Å². The normalized spacial score (nSPS) is 28.8. The summed E-state index contributed by atoms with van der Waals surface area (Å²) in [7, 11) is 0. The van der Waals surface area contributed by atoms with Gasteiger partial charge in [-0.2, -0.15) is 0 Å². The van der Waals surface area contributed by atoms with E-state index in [-0.39, 0.29) is 0 Å². The van der Waals surface area contributed by atoms with Gasteiger partial charge in [-0.15, -0.1) is 11.3 Å². The third kappa shape index (κ3) is 1.82. The highest BCUT2D eigenvalue weighted by atomic mass is 32.1. The summed E-state index contributed by atoms with van der Waals surface area (Å²) in [6, 6.07) is 4.71. The molecule has 1 saturated heterocycles. The van der Waals surface area contributed by atoms with Crippen LogP contribution in [0.4, 0.5) is 0 Å². The summed E-state index contributed by atoms with van der Waals surface area (Å²) in [5, 5.41) is 0. The molecule has 0 spiro atoms. The molecule has 2 aliphatic rings. The van der Waals surface area contributed by atoms with Crippen LogP contribution in [0.3, 0.4) is 0 Å². The number of fused-ring (bicyclic) bond motifs is 2. The maximum Gasteiger partial charge on any atom is 0.186 e. The monoisotopic (exact) mass is 235 g/mol. The lowest BCUT2D eigenvalue weighted by Crippen LogP contribution is -2.36. The Labute approximate surface area is 100 Å². The number of nitrogens with zero attached hydrogens (tertiary/aromatic N) is 1. The zero-order valence-electron chi connectivity index (χ0n) is 9.61. The third-order valence-electron chi connectivity index (χ3n) is 3.88. The number of hydrogen-bond donors (Lipinski definition) is 0. The van der Waals surface area contributed by atoms with Crippen molar-refractivity contribution >= 4 is 17.1 Å². The van der Waals surface area contributed by atoms with E-state index in [1.54, 1.807) is 11.3 Å². The molecule has 1 aliphatic heterocycles. The molecular weight excluding hydrogens is 218 g/mol. The lowest BCUT2D eigenvalue weighted by molar-refractivity contribution is 0.0909. The van der Waals surface area contributed by atoms with Crippen LogP contribution >= 0.6 is 11.3 Å². The molecule has 3 rings (SSSR count). The smallest absolute Gasteiger partial charge is 0.186 e. The van der Waals surface area contributed by atoms with Crippen molar-refractivity contribution in [2.45, 2.75) is 32.2 Å². The van der Waals surface area contributed by atoms with E-state index in [1.807, 2.05) is 12.1 Å². The number of aryl methyl sites for hydroxylation is 1. The van der Waals surface area contributed by atoms with Gasteiger partial charge in [-0.25, -0.2) is 0 Å². The van der Waals surface area contributed by atoms with Gasteiger partial charge in [0, 0.05) is 17.5 Å². The lowest BCUT2D eigenvalue weighted by atomic mass is 10.1. The van der Waals surface area contributed by atoms with Gasteiger partial charge < -0.3 is 0 Å². The van der Waals surface area contributed by atoms with E-state index in [0.717, 1.165) is 17.3 Å². The molecule has 2 atom stereocenters. The number of ketones is 1. The Balaban J connectivity index is 1.65. The Morgan fingerprint density at radius 3 is 2.94 bits per heavy atom. The second kappa shape index (κ2) is 3.97. The van der Waals surface area contributed by atoms with Gasteiger partial charge in [-0.05, 0) is 44.2 Å². The van der Waals surface area contributed by atoms with E-state index in [0.29, 0.717) is 18.4 Å². The molecule has 2 nitrogen and oxygen atoms in total. The first-order valence-corrected chi connectivity index (χ1v) is 6.88. The second-order valence-electron chi connectivity index (χ2n) is 5.10. The van der Waals surface area contributed by atoms with Gasteiger partial charge >= 0.3 is 0 Å². The van der Waals surface area contributed by atoms with Crippen molar-refractivity contribution in [1.82, 2.24) is 4.90 Å². The topological polar surface area (TPSA) is 20.3 Å². The Kier molecular flexibility index (Phi) is 2.60. The minimum Gasteiger partial charge on any atom is -0.293 e. The molecule has 2 unspecified atom stereocenters. The summed E-state index contributed by atoms with van der Waals surface area (Å²) in [6.45, 7) is 3.85. The number of carbonyl (C=O) groups excluding carboxylic acids is 1. The zero-order chi connectivity index (χ0) is 11.1. The number of thiophene rings is 1. The molecule has 1 aromatic rings. The van der Waals surface area contributed by atoms with E-state index >= 15 is 0 Å². The zero-order valence-corrected chi connectivity index (χ0v) is 10.4. The summed E-state index contributed by atoms with van der Waals surface area (Å²) in [6.07, 6.45) is 4.02. The van der Waals surface area contributed by atoms with Crippen LogP contribution in [0.1, 0.15) is 33.8 Å². The fraction of sp³-hybridized carbons (Fsp3) is 0.615. The van der Waals surface area contributed by atoms with Gasteiger partial charge in [0.2, 0.25) is 0 Å². The molecule has 0 amide bonds. The van der Waals surface area contributed by atoms with E-state index in [1.165, 1.54) is 24.1 Å². The molecule has 1 saturated carbocycles. The van der Waals surface area contributed by atoms with Gasteiger partial charge in [0.05, 0.1) is 11.4 Å². The molecule has 16 heavy (non-hydrogen) atoms. The van der Waals surface area contributed by atoms with E-state index in [4.69, 9.17) is 0 Å². The van der Waals surface area contributed by atoms with Crippen LogP contribution in [0.2, 0.25) is 0 Å². The maximum absolute atomic E-state index is 12.1. The summed E-state index contributed by atoms with van der Waals surface area (Å²) in [5.74, 6) is 1.19. The van der Waals surface area contributed by atoms with Crippen molar-refractivity contribution in [1.29, 1.82) is 0 Å². The summed E-state index contributed by atoms with van der Waals surface area (Å²) >= 11 is 1.62. The Bertz CT molecular complexity index is 412. The summed E-state index contributed by atoms with van der Waals surface area (Å²) in [5.41, 5.74) is 0. The van der Waals surface area contributed by atoms with E-state index in [2.05, 4.69) is 11.8 Å². The Hall–Kier alpha value is -0.670. The van der Waals surface area contributed by atoms with E-state index < -0.39 is 0 Å². The molecule has 1 aromatic heterocycles. The van der Waals surface area contributed by atoms with Crippen LogP contribution in [-0.4, -0.2) is 29.8 Å². The molecule has 0 N–H and O–H groups in total. The summed E-state index contributed by atoms with van der Waals surface area (Å²) in [4.78, 5) is 16.6. The van der Waals surface area contributed by atoms with Crippen LogP contribution in [0, 0.1) is 12.8 Å². The van der Waals surface area contributed by atoms with E-state index in [9.17, 15) is 4.79 Å². The minimum absolute atomic E-state index is 0.311. The molecule has 2 heterocycles. The standard InChI is InChI=1S/C13H17NOS/c1-9-2-5-13(16-9)12(15)8-14-7-10-3-4-11(14)6-10/h2,5,10-11H,3-4,6-8H2,1H3. The second-order valence-corrected chi connectivity index (χ2v) is 6.38. The largest absolute Gasteiger partial charge is 0.293 e. The van der Waals surface area contributed by atoms with Gasteiger partial charge in [0.15, 0.2) is 5.78 Å². The van der Waals surface area contributed by atoms with Crippen LogP contribution in [0.15, 0.2) is 12.1 Å². The first-order valence-electron chi connectivity index (χ1n) is 6.06. The molecular formula is C13H17NOS. The fourth-order valence-corrected chi connectivity index (χ4v) is 3.86. The number of Topliss-reactive ketones (excluding diaryl/α,β-unsaturated/α-hetero) is 1. The van der Waals surface area contributed by atoms with Crippen molar-refractivity contribution in [2.75, 3.05) is 13.1 Å². The van der Waals surface area contributed by atoms with Gasteiger partial charge in [-0.3, -0.25) is 9.69 Å². The highest BCUT2D eigenvalue weighted by molar-refractivity contribution is 7.14.